The van der Waals surface area contributed by atoms with Crippen molar-refractivity contribution in [1.29, 1.82) is 0 Å². The Hall–Kier alpha value is -2.01. The molecule has 1 aromatic rings. The first kappa shape index (κ1) is 17.3. The van der Waals surface area contributed by atoms with Gasteiger partial charge in [-0.15, -0.1) is 0 Å². The van der Waals surface area contributed by atoms with Gasteiger partial charge in [0, 0.05) is 13.1 Å². The highest BCUT2D eigenvalue weighted by Crippen LogP contribution is 2.28. The molecule has 0 saturated carbocycles. The largest absolute Gasteiger partial charge is 0.493 e. The molecule has 1 aliphatic heterocycles. The van der Waals surface area contributed by atoms with Gasteiger partial charge in [-0.25, -0.2) is 0 Å². The Bertz CT molecular complexity index is 557. The van der Waals surface area contributed by atoms with Crippen LogP contribution in [0.1, 0.15) is 18.9 Å². The number of methoxy groups -OCH3 is 1. The highest BCUT2D eigenvalue weighted by molar-refractivity contribution is 5.78. The van der Waals surface area contributed by atoms with Crippen molar-refractivity contribution >= 4 is 12.0 Å². The fraction of sp³-hybridized carbons (Fsp3) is 0.500. The first-order valence-corrected chi connectivity index (χ1v) is 8.03. The van der Waals surface area contributed by atoms with E-state index in [0.717, 1.165) is 31.6 Å². The number of amides is 1. The van der Waals surface area contributed by atoms with E-state index in [0.29, 0.717) is 17.4 Å². The highest BCUT2D eigenvalue weighted by Gasteiger charge is 2.26. The summed E-state index contributed by atoms with van der Waals surface area (Å²) in [6, 6.07) is 5.69. The SMILES string of the molecule is C/C=C/c1ccc(OCC(=O)N2CCC(CNC)C2)c(OC)c1. The standard InChI is InChI=1S/C18H26N2O3/c1-4-5-14-6-7-16(17(10-14)22-3)23-13-18(21)20-9-8-15(12-20)11-19-2/h4-7,10,15,19H,8-9,11-13H2,1-3H3/b5-4+. The molecule has 1 aromatic carbocycles. The summed E-state index contributed by atoms with van der Waals surface area (Å²) in [5.74, 6) is 1.81. The number of benzene rings is 1. The Kier molecular flexibility index (Phi) is 6.47. The smallest absolute Gasteiger partial charge is 0.260 e. The zero-order valence-corrected chi connectivity index (χ0v) is 14.2. The molecule has 0 spiro atoms. The van der Waals surface area contributed by atoms with Gasteiger partial charge in [0.05, 0.1) is 7.11 Å². The van der Waals surface area contributed by atoms with Gasteiger partial charge in [0.1, 0.15) is 0 Å². The van der Waals surface area contributed by atoms with E-state index in [1.54, 1.807) is 7.11 Å². The third-order valence-corrected chi connectivity index (χ3v) is 4.03. The minimum atomic E-state index is 0.0307. The summed E-state index contributed by atoms with van der Waals surface area (Å²) in [5, 5.41) is 3.17. The molecule has 5 heteroatoms. The Morgan fingerprint density at radius 3 is 2.96 bits per heavy atom. The summed E-state index contributed by atoms with van der Waals surface area (Å²) in [5.41, 5.74) is 1.04. The Balaban J connectivity index is 1.91. The lowest BCUT2D eigenvalue weighted by atomic mass is 10.1. The van der Waals surface area contributed by atoms with Gasteiger partial charge in [0.25, 0.3) is 5.91 Å². The van der Waals surface area contributed by atoms with Gasteiger partial charge >= 0.3 is 0 Å². The zero-order valence-electron chi connectivity index (χ0n) is 14.2. The van der Waals surface area contributed by atoms with Crippen LogP contribution in [0.25, 0.3) is 6.08 Å². The molecule has 0 radical (unpaired) electrons. The summed E-state index contributed by atoms with van der Waals surface area (Å²) in [6.45, 7) is 4.58. The molecule has 1 saturated heterocycles. The van der Waals surface area contributed by atoms with Crippen LogP contribution in [-0.2, 0) is 4.79 Å². The number of likely N-dealkylation sites (tertiary alicyclic amines) is 1. The fourth-order valence-corrected chi connectivity index (χ4v) is 2.84. The van der Waals surface area contributed by atoms with Crippen LogP contribution in [0.15, 0.2) is 24.3 Å². The van der Waals surface area contributed by atoms with E-state index in [2.05, 4.69) is 5.32 Å². The fourth-order valence-electron chi connectivity index (χ4n) is 2.84. The number of allylic oxidation sites excluding steroid dienone is 1. The quantitative estimate of drug-likeness (QED) is 0.837. The molecule has 0 aromatic heterocycles. The van der Waals surface area contributed by atoms with Crippen molar-refractivity contribution in [2.45, 2.75) is 13.3 Å². The number of carbonyl (C=O) groups excluding carboxylic acids is 1. The van der Waals surface area contributed by atoms with Gasteiger partial charge in [-0.2, -0.15) is 0 Å². The molecule has 2 rings (SSSR count). The van der Waals surface area contributed by atoms with Crippen molar-refractivity contribution in [2.24, 2.45) is 5.92 Å². The van der Waals surface area contributed by atoms with Crippen LogP contribution in [0.5, 0.6) is 11.5 Å². The Labute approximate surface area is 138 Å². The van der Waals surface area contributed by atoms with Crippen LogP contribution in [0.3, 0.4) is 0 Å². The molecular weight excluding hydrogens is 292 g/mol. The number of hydrogen-bond donors (Lipinski definition) is 1. The molecule has 1 amide bonds. The topological polar surface area (TPSA) is 50.8 Å². The number of hydrogen-bond acceptors (Lipinski definition) is 4. The Morgan fingerprint density at radius 1 is 1.43 bits per heavy atom. The minimum Gasteiger partial charge on any atom is -0.493 e. The molecule has 23 heavy (non-hydrogen) atoms. The molecule has 1 unspecified atom stereocenters. The number of ether oxygens (including phenoxy) is 2. The van der Waals surface area contributed by atoms with E-state index in [1.807, 2.05) is 49.2 Å². The van der Waals surface area contributed by atoms with Gasteiger partial charge in [0.2, 0.25) is 0 Å². The van der Waals surface area contributed by atoms with Crippen molar-refractivity contribution in [3.8, 4) is 11.5 Å². The molecule has 1 heterocycles. The molecule has 1 N–H and O–H groups in total. The molecule has 126 valence electrons. The first-order chi connectivity index (χ1) is 11.2. The lowest BCUT2D eigenvalue weighted by Gasteiger charge is -2.17. The lowest BCUT2D eigenvalue weighted by molar-refractivity contribution is -0.132. The average Bonchev–Trinajstić information content (AvgIpc) is 3.02. The van der Waals surface area contributed by atoms with E-state index in [-0.39, 0.29) is 12.5 Å². The number of carbonyl (C=O) groups is 1. The van der Waals surface area contributed by atoms with Crippen LogP contribution in [0, 0.1) is 5.92 Å². The van der Waals surface area contributed by atoms with Crippen molar-refractivity contribution in [3.63, 3.8) is 0 Å². The van der Waals surface area contributed by atoms with E-state index in [4.69, 9.17) is 9.47 Å². The van der Waals surface area contributed by atoms with Crippen LogP contribution in [-0.4, -0.2) is 51.2 Å². The van der Waals surface area contributed by atoms with Crippen molar-refractivity contribution in [2.75, 3.05) is 40.4 Å². The normalized spacial score (nSPS) is 17.7. The van der Waals surface area contributed by atoms with Crippen molar-refractivity contribution in [3.05, 3.63) is 29.8 Å². The maximum Gasteiger partial charge on any atom is 0.260 e. The maximum absolute atomic E-state index is 12.3. The molecule has 0 aliphatic carbocycles. The average molecular weight is 318 g/mol. The molecule has 1 aliphatic rings. The van der Waals surface area contributed by atoms with Gasteiger partial charge in [0.15, 0.2) is 18.1 Å². The lowest BCUT2D eigenvalue weighted by Crippen LogP contribution is -2.34. The van der Waals surface area contributed by atoms with E-state index in [9.17, 15) is 4.79 Å². The van der Waals surface area contributed by atoms with Crippen molar-refractivity contribution < 1.29 is 14.3 Å². The third-order valence-electron chi connectivity index (χ3n) is 4.03. The van der Waals surface area contributed by atoms with Crippen LogP contribution >= 0.6 is 0 Å². The van der Waals surface area contributed by atoms with E-state index in [1.165, 1.54) is 0 Å². The first-order valence-electron chi connectivity index (χ1n) is 8.03. The molecule has 1 fully saturated rings. The van der Waals surface area contributed by atoms with E-state index >= 15 is 0 Å². The van der Waals surface area contributed by atoms with Gasteiger partial charge in [-0.05, 0) is 50.6 Å². The summed E-state index contributed by atoms with van der Waals surface area (Å²) >= 11 is 0. The molecule has 0 bridgehead atoms. The highest BCUT2D eigenvalue weighted by atomic mass is 16.5. The number of rotatable bonds is 7. The number of nitrogens with one attached hydrogen (secondary N) is 1. The van der Waals surface area contributed by atoms with Gasteiger partial charge in [-0.3, -0.25) is 4.79 Å². The van der Waals surface area contributed by atoms with E-state index < -0.39 is 0 Å². The van der Waals surface area contributed by atoms with Gasteiger partial charge < -0.3 is 19.7 Å². The molecule has 1 atom stereocenters. The Morgan fingerprint density at radius 2 is 2.26 bits per heavy atom. The number of nitrogens with zero attached hydrogens (tertiary/aromatic N) is 1. The van der Waals surface area contributed by atoms with Crippen LogP contribution in [0.2, 0.25) is 0 Å². The predicted molar refractivity (Wildman–Crippen MR) is 91.8 cm³/mol. The van der Waals surface area contributed by atoms with Gasteiger partial charge in [-0.1, -0.05) is 18.2 Å². The second kappa shape index (κ2) is 8.58. The molecular formula is C18H26N2O3. The zero-order chi connectivity index (χ0) is 16.7. The third kappa shape index (κ3) is 4.73. The monoisotopic (exact) mass is 318 g/mol. The summed E-state index contributed by atoms with van der Waals surface area (Å²) in [4.78, 5) is 14.1. The van der Waals surface area contributed by atoms with Crippen molar-refractivity contribution in [1.82, 2.24) is 10.2 Å². The van der Waals surface area contributed by atoms with Crippen LogP contribution < -0.4 is 14.8 Å². The summed E-state index contributed by atoms with van der Waals surface area (Å²) in [6.07, 6.45) is 5.01. The second-order valence-electron chi connectivity index (χ2n) is 5.75. The summed E-state index contributed by atoms with van der Waals surface area (Å²) < 4.78 is 11.0. The molecule has 5 nitrogen and oxygen atoms in total. The summed E-state index contributed by atoms with van der Waals surface area (Å²) in [7, 11) is 3.55. The second-order valence-corrected chi connectivity index (χ2v) is 5.75. The van der Waals surface area contributed by atoms with Crippen LogP contribution in [0.4, 0.5) is 0 Å². The maximum atomic E-state index is 12.3. The predicted octanol–water partition coefficient (Wildman–Crippen LogP) is 2.17. The minimum absolute atomic E-state index is 0.0307.